The van der Waals surface area contributed by atoms with Crippen molar-refractivity contribution in [2.75, 3.05) is 17.3 Å². The molecule has 8 nitrogen and oxygen atoms in total. The molecule has 1 saturated carbocycles. The molecule has 0 spiro atoms. The summed E-state index contributed by atoms with van der Waals surface area (Å²) in [5.74, 6) is 6.38. The van der Waals surface area contributed by atoms with E-state index in [0.29, 0.717) is 11.7 Å². The Labute approximate surface area is 122 Å². The summed E-state index contributed by atoms with van der Waals surface area (Å²) < 4.78 is 0. The van der Waals surface area contributed by atoms with Gasteiger partial charge in [-0.3, -0.25) is 10.1 Å². The second-order valence-electron chi connectivity index (χ2n) is 5.71. The van der Waals surface area contributed by atoms with E-state index in [0.717, 1.165) is 25.7 Å². The van der Waals surface area contributed by atoms with Crippen LogP contribution in [0.3, 0.4) is 0 Å². The van der Waals surface area contributed by atoms with Gasteiger partial charge in [-0.05, 0) is 37.7 Å². The van der Waals surface area contributed by atoms with E-state index in [-0.39, 0.29) is 18.1 Å². The van der Waals surface area contributed by atoms with Gasteiger partial charge in [-0.1, -0.05) is 6.92 Å². The van der Waals surface area contributed by atoms with Gasteiger partial charge in [0.2, 0.25) is 5.82 Å². The van der Waals surface area contributed by atoms with Crippen LogP contribution in [0.2, 0.25) is 0 Å². The molecule has 1 aromatic rings. The van der Waals surface area contributed by atoms with E-state index in [4.69, 9.17) is 5.84 Å². The third-order valence-corrected chi connectivity index (χ3v) is 4.14. The van der Waals surface area contributed by atoms with Crippen LogP contribution >= 0.6 is 0 Å². The molecule has 21 heavy (non-hydrogen) atoms. The van der Waals surface area contributed by atoms with Gasteiger partial charge in [-0.2, -0.15) is 0 Å². The number of aliphatic hydroxyl groups is 1. The number of anilines is 2. The van der Waals surface area contributed by atoms with Crippen molar-refractivity contribution in [3.63, 3.8) is 0 Å². The molecule has 0 aromatic carbocycles. The van der Waals surface area contributed by atoms with Crippen LogP contribution in [0.5, 0.6) is 0 Å². The minimum absolute atomic E-state index is 0.0845. The average Bonchev–Trinajstić information content (AvgIpc) is 2.49. The van der Waals surface area contributed by atoms with Gasteiger partial charge in [0.15, 0.2) is 0 Å². The molecule has 1 aromatic heterocycles. The van der Waals surface area contributed by atoms with Gasteiger partial charge in [-0.15, -0.1) is 0 Å². The predicted molar refractivity (Wildman–Crippen MR) is 79.8 cm³/mol. The zero-order valence-electron chi connectivity index (χ0n) is 12.0. The number of hydrazine groups is 1. The van der Waals surface area contributed by atoms with E-state index < -0.39 is 10.5 Å². The summed E-state index contributed by atoms with van der Waals surface area (Å²) in [5.41, 5.74) is 1.69. The van der Waals surface area contributed by atoms with Crippen LogP contribution in [-0.2, 0) is 0 Å². The highest BCUT2D eigenvalue weighted by molar-refractivity contribution is 5.61. The number of nitro groups is 1. The van der Waals surface area contributed by atoms with Crippen LogP contribution in [0.15, 0.2) is 12.1 Å². The molecular weight excluding hydrogens is 274 g/mol. The molecule has 0 saturated heterocycles. The van der Waals surface area contributed by atoms with E-state index in [1.807, 2.05) is 0 Å². The van der Waals surface area contributed by atoms with Gasteiger partial charge in [0, 0.05) is 6.07 Å². The van der Waals surface area contributed by atoms with Crippen LogP contribution in [-0.4, -0.2) is 27.2 Å². The monoisotopic (exact) mass is 295 g/mol. The molecule has 0 amide bonds. The fourth-order valence-corrected chi connectivity index (χ4v) is 2.66. The highest BCUT2D eigenvalue weighted by atomic mass is 16.6. The Hall–Kier alpha value is -1.93. The Morgan fingerprint density at radius 3 is 2.71 bits per heavy atom. The summed E-state index contributed by atoms with van der Waals surface area (Å²) in [4.78, 5) is 14.7. The second-order valence-corrected chi connectivity index (χ2v) is 5.71. The average molecular weight is 295 g/mol. The number of nitrogens with two attached hydrogens (primary N) is 1. The summed E-state index contributed by atoms with van der Waals surface area (Å²) >= 11 is 0. The van der Waals surface area contributed by atoms with Gasteiger partial charge in [-0.25, -0.2) is 10.8 Å². The number of nitrogens with zero attached hydrogens (tertiary/aromatic N) is 2. The van der Waals surface area contributed by atoms with Crippen molar-refractivity contribution < 1.29 is 10.0 Å². The third-order valence-electron chi connectivity index (χ3n) is 4.14. The van der Waals surface area contributed by atoms with E-state index in [1.165, 1.54) is 12.1 Å². The highest BCUT2D eigenvalue weighted by Gasteiger charge is 2.35. The van der Waals surface area contributed by atoms with Gasteiger partial charge in [0.05, 0.1) is 17.1 Å². The van der Waals surface area contributed by atoms with Crippen molar-refractivity contribution in [3.8, 4) is 0 Å². The molecule has 2 rings (SSSR count). The zero-order chi connectivity index (χ0) is 15.5. The van der Waals surface area contributed by atoms with Crippen molar-refractivity contribution in [1.82, 2.24) is 4.98 Å². The minimum atomic E-state index is -0.558. The smallest absolute Gasteiger partial charge is 0.311 e. The number of hydrogen-bond donors (Lipinski definition) is 4. The molecule has 1 fully saturated rings. The summed E-state index contributed by atoms with van der Waals surface area (Å²) in [6, 6.07) is 2.79. The third kappa shape index (κ3) is 3.40. The summed E-state index contributed by atoms with van der Waals surface area (Å²) in [6.07, 6.45) is 3.44. The lowest BCUT2D eigenvalue weighted by molar-refractivity contribution is -0.384. The Balaban J connectivity index is 2.29. The molecule has 1 aliphatic carbocycles. The first kappa shape index (κ1) is 15.5. The maximum Gasteiger partial charge on any atom is 0.311 e. The first-order valence-corrected chi connectivity index (χ1v) is 7.01. The van der Waals surface area contributed by atoms with E-state index in [9.17, 15) is 15.2 Å². The van der Waals surface area contributed by atoms with Crippen LogP contribution in [0.4, 0.5) is 17.3 Å². The zero-order valence-corrected chi connectivity index (χ0v) is 12.0. The molecule has 1 heterocycles. The number of hydrogen-bond acceptors (Lipinski definition) is 7. The Bertz CT molecular complexity index is 515. The van der Waals surface area contributed by atoms with Gasteiger partial charge >= 0.3 is 5.69 Å². The van der Waals surface area contributed by atoms with E-state index in [1.54, 1.807) is 0 Å². The van der Waals surface area contributed by atoms with Crippen LogP contribution in [0.1, 0.15) is 32.6 Å². The van der Waals surface area contributed by atoms with Crippen molar-refractivity contribution in [2.24, 2.45) is 11.8 Å². The van der Waals surface area contributed by atoms with Crippen molar-refractivity contribution in [2.45, 2.75) is 38.1 Å². The normalized spacial score (nSPS) is 25.4. The number of pyridine rings is 1. The molecule has 0 atom stereocenters. The lowest BCUT2D eigenvalue weighted by Crippen LogP contribution is -2.45. The molecule has 116 valence electrons. The van der Waals surface area contributed by atoms with Gasteiger partial charge in [0.25, 0.3) is 0 Å². The number of nitrogen functional groups attached to an aromatic ring is 1. The standard InChI is InChI=1S/C13H21N5O3/c1-9-4-6-13(8-19,7-5-9)16-12-10(18(20)21)2-3-11(15-12)17-14/h2-3,9,19H,4-8,14H2,1H3,(H2,15,16,17). The first-order chi connectivity index (χ1) is 9.99. The Morgan fingerprint density at radius 2 is 2.19 bits per heavy atom. The SMILES string of the molecule is CC1CCC(CO)(Nc2nc(NN)ccc2[N+](=O)[O-])CC1. The first-order valence-electron chi connectivity index (χ1n) is 7.01. The molecule has 8 heteroatoms. The summed E-state index contributed by atoms with van der Waals surface area (Å²) in [6.45, 7) is 2.08. The van der Waals surface area contributed by atoms with Crippen LogP contribution < -0.4 is 16.6 Å². The molecule has 0 aliphatic heterocycles. The van der Waals surface area contributed by atoms with Crippen LogP contribution in [0, 0.1) is 16.0 Å². The van der Waals surface area contributed by atoms with Crippen molar-refractivity contribution >= 4 is 17.3 Å². The van der Waals surface area contributed by atoms with E-state index in [2.05, 4.69) is 22.7 Å². The highest BCUT2D eigenvalue weighted by Crippen LogP contribution is 2.36. The molecule has 0 bridgehead atoms. The topological polar surface area (TPSA) is 126 Å². The molecule has 0 unspecified atom stereocenters. The molecule has 5 N–H and O–H groups in total. The quantitative estimate of drug-likeness (QED) is 0.369. The largest absolute Gasteiger partial charge is 0.394 e. The second kappa shape index (κ2) is 6.23. The van der Waals surface area contributed by atoms with Gasteiger partial charge in [0.1, 0.15) is 5.82 Å². The Kier molecular flexibility index (Phi) is 4.59. The lowest BCUT2D eigenvalue weighted by atomic mass is 9.77. The number of aliphatic hydroxyl groups excluding tert-OH is 1. The van der Waals surface area contributed by atoms with Crippen LogP contribution in [0.25, 0.3) is 0 Å². The fourth-order valence-electron chi connectivity index (χ4n) is 2.66. The fraction of sp³-hybridized carbons (Fsp3) is 0.615. The molecule has 1 aliphatic rings. The van der Waals surface area contributed by atoms with Crippen molar-refractivity contribution in [1.29, 1.82) is 0 Å². The maximum absolute atomic E-state index is 11.1. The summed E-state index contributed by atoms with van der Waals surface area (Å²) in [7, 11) is 0. The predicted octanol–water partition coefficient (Wildman–Crippen LogP) is 1.63. The van der Waals surface area contributed by atoms with Gasteiger partial charge < -0.3 is 15.8 Å². The molecule has 0 radical (unpaired) electrons. The number of nitrogens with one attached hydrogen (secondary N) is 2. The Morgan fingerprint density at radius 1 is 1.52 bits per heavy atom. The number of rotatable bonds is 5. The minimum Gasteiger partial charge on any atom is -0.394 e. The van der Waals surface area contributed by atoms with Crippen molar-refractivity contribution in [3.05, 3.63) is 22.2 Å². The summed E-state index contributed by atoms with van der Waals surface area (Å²) in [5, 5.41) is 24.0. The molecular formula is C13H21N5O3. The van der Waals surface area contributed by atoms with E-state index >= 15 is 0 Å². The maximum atomic E-state index is 11.1. The lowest BCUT2D eigenvalue weighted by Gasteiger charge is -2.39. The number of aromatic nitrogens is 1.